The zero-order valence-electron chi connectivity index (χ0n) is 9.93. The number of allylic oxidation sites excluding steroid dienone is 1. The van der Waals surface area contributed by atoms with E-state index in [1.54, 1.807) is 12.2 Å². The highest BCUT2D eigenvalue weighted by atomic mass is 16.5. The van der Waals surface area contributed by atoms with Gasteiger partial charge in [0, 0.05) is 11.5 Å². The van der Waals surface area contributed by atoms with Crippen molar-refractivity contribution in [1.82, 2.24) is 9.97 Å². The quantitative estimate of drug-likeness (QED) is 0.805. The van der Waals surface area contributed by atoms with Gasteiger partial charge in [0.25, 0.3) is 0 Å². The van der Waals surface area contributed by atoms with Crippen molar-refractivity contribution in [2.24, 2.45) is 0 Å². The molecule has 1 saturated carbocycles. The van der Waals surface area contributed by atoms with Gasteiger partial charge in [-0.1, -0.05) is 12.2 Å². The molecule has 1 fully saturated rings. The minimum absolute atomic E-state index is 0.250. The van der Waals surface area contributed by atoms with Crippen LogP contribution in [0.3, 0.4) is 0 Å². The summed E-state index contributed by atoms with van der Waals surface area (Å²) in [5.41, 5.74) is 6.64. The molecule has 2 rings (SSSR count). The number of hydrogen-bond donors (Lipinski definition) is 1. The van der Waals surface area contributed by atoms with Crippen molar-refractivity contribution in [2.45, 2.75) is 25.7 Å². The van der Waals surface area contributed by atoms with Crippen LogP contribution in [0.25, 0.3) is 6.08 Å². The Bertz CT molecular complexity index is 479. The van der Waals surface area contributed by atoms with E-state index >= 15 is 0 Å². The summed E-state index contributed by atoms with van der Waals surface area (Å²) >= 11 is 0. The summed E-state index contributed by atoms with van der Waals surface area (Å²) in [6.45, 7) is 1.84. The normalized spacial score (nSPS) is 15.2. The van der Waals surface area contributed by atoms with Crippen molar-refractivity contribution in [1.29, 1.82) is 0 Å². The molecule has 5 heteroatoms. The highest BCUT2D eigenvalue weighted by Gasteiger charge is 2.29. The first-order valence-corrected chi connectivity index (χ1v) is 5.55. The molecule has 0 radical (unpaired) electrons. The van der Waals surface area contributed by atoms with Gasteiger partial charge in [0.05, 0.1) is 7.11 Å². The second kappa shape index (κ2) is 4.53. The molecular weight excluding hydrogens is 218 g/mol. The van der Waals surface area contributed by atoms with Crippen molar-refractivity contribution < 1.29 is 9.53 Å². The van der Waals surface area contributed by atoms with Gasteiger partial charge in [0.15, 0.2) is 5.69 Å². The lowest BCUT2D eigenvalue weighted by Crippen LogP contribution is -2.13. The molecular formula is C12H15N3O2. The Morgan fingerprint density at radius 1 is 1.47 bits per heavy atom. The zero-order valence-corrected chi connectivity index (χ0v) is 9.93. The third-order valence-corrected chi connectivity index (χ3v) is 2.65. The summed E-state index contributed by atoms with van der Waals surface area (Å²) < 4.78 is 4.71. The van der Waals surface area contributed by atoms with Gasteiger partial charge < -0.3 is 10.5 Å². The Balaban J connectivity index is 2.53. The minimum Gasteiger partial charge on any atom is -0.464 e. The van der Waals surface area contributed by atoms with E-state index in [1.807, 2.05) is 6.92 Å². The van der Waals surface area contributed by atoms with Crippen LogP contribution in [0.15, 0.2) is 6.08 Å². The van der Waals surface area contributed by atoms with Crippen LogP contribution >= 0.6 is 0 Å². The van der Waals surface area contributed by atoms with Gasteiger partial charge in [0.2, 0.25) is 0 Å². The molecule has 0 spiro atoms. The number of hydrogen-bond acceptors (Lipinski definition) is 5. The Kier molecular flexibility index (Phi) is 3.08. The van der Waals surface area contributed by atoms with Crippen LogP contribution < -0.4 is 5.73 Å². The van der Waals surface area contributed by atoms with Crippen LogP contribution in [0, 0.1) is 0 Å². The first kappa shape index (κ1) is 11.6. The summed E-state index contributed by atoms with van der Waals surface area (Å²) in [5, 5.41) is 0. The molecule has 1 heterocycles. The molecule has 0 bridgehead atoms. The van der Waals surface area contributed by atoms with Crippen LogP contribution in [-0.2, 0) is 4.74 Å². The van der Waals surface area contributed by atoms with Crippen molar-refractivity contribution in [3.8, 4) is 0 Å². The predicted molar refractivity (Wildman–Crippen MR) is 64.5 cm³/mol. The maximum atomic E-state index is 11.7. The molecule has 0 unspecified atom stereocenters. The monoisotopic (exact) mass is 233 g/mol. The summed E-state index contributed by atoms with van der Waals surface area (Å²) in [6, 6.07) is 0. The van der Waals surface area contributed by atoms with E-state index in [4.69, 9.17) is 10.5 Å². The fourth-order valence-electron chi connectivity index (χ4n) is 1.61. The van der Waals surface area contributed by atoms with Crippen molar-refractivity contribution in [2.75, 3.05) is 12.8 Å². The van der Waals surface area contributed by atoms with Gasteiger partial charge in [-0.25, -0.2) is 14.8 Å². The Morgan fingerprint density at radius 3 is 2.71 bits per heavy atom. The van der Waals surface area contributed by atoms with Crippen molar-refractivity contribution in [3.63, 3.8) is 0 Å². The van der Waals surface area contributed by atoms with E-state index in [-0.39, 0.29) is 5.69 Å². The molecule has 1 aliphatic rings. The second-order valence-corrected chi connectivity index (χ2v) is 4.00. The SMILES string of the molecule is C/C=C/c1c(N)nc(C2CC2)nc1C(=O)OC. The molecule has 0 aromatic carbocycles. The molecule has 1 aromatic rings. The lowest BCUT2D eigenvalue weighted by atomic mass is 10.2. The van der Waals surface area contributed by atoms with Crippen LogP contribution in [-0.4, -0.2) is 23.0 Å². The van der Waals surface area contributed by atoms with Crippen molar-refractivity contribution >= 4 is 17.9 Å². The molecule has 17 heavy (non-hydrogen) atoms. The topological polar surface area (TPSA) is 78.1 Å². The van der Waals surface area contributed by atoms with Crippen molar-refractivity contribution in [3.05, 3.63) is 23.2 Å². The van der Waals surface area contributed by atoms with E-state index in [0.717, 1.165) is 12.8 Å². The number of nitrogen functional groups attached to an aromatic ring is 1. The van der Waals surface area contributed by atoms with Gasteiger partial charge in [-0.2, -0.15) is 0 Å². The average Bonchev–Trinajstić information content (AvgIpc) is 3.14. The van der Waals surface area contributed by atoms with Gasteiger partial charge in [-0.3, -0.25) is 0 Å². The lowest BCUT2D eigenvalue weighted by Gasteiger charge is -2.08. The zero-order chi connectivity index (χ0) is 12.4. The predicted octanol–water partition coefficient (Wildman–Crippen LogP) is 1.76. The molecule has 0 atom stereocenters. The van der Waals surface area contributed by atoms with Gasteiger partial charge >= 0.3 is 5.97 Å². The first-order chi connectivity index (χ1) is 8.17. The standard InChI is InChI=1S/C12H15N3O2/c1-3-4-8-9(12(16)17-2)14-11(7-5-6-7)15-10(8)13/h3-4,7H,5-6H2,1-2H3,(H2,13,14,15)/b4-3+. The molecule has 5 nitrogen and oxygen atoms in total. The average molecular weight is 233 g/mol. The maximum Gasteiger partial charge on any atom is 0.357 e. The summed E-state index contributed by atoms with van der Waals surface area (Å²) in [6.07, 6.45) is 5.63. The first-order valence-electron chi connectivity index (χ1n) is 5.55. The fraction of sp³-hybridized carbons (Fsp3) is 0.417. The highest BCUT2D eigenvalue weighted by Crippen LogP contribution is 2.38. The third-order valence-electron chi connectivity index (χ3n) is 2.65. The molecule has 0 amide bonds. The summed E-state index contributed by atoms with van der Waals surface area (Å²) in [4.78, 5) is 20.2. The van der Waals surface area contributed by atoms with Gasteiger partial charge in [-0.05, 0) is 19.8 Å². The largest absolute Gasteiger partial charge is 0.464 e. The van der Waals surface area contributed by atoms with Crippen LogP contribution in [0.2, 0.25) is 0 Å². The van der Waals surface area contributed by atoms with E-state index in [0.29, 0.717) is 23.1 Å². The highest BCUT2D eigenvalue weighted by molar-refractivity contribution is 5.93. The Labute approximate surface area is 99.7 Å². The minimum atomic E-state index is -0.478. The molecule has 1 aliphatic carbocycles. The number of ether oxygens (including phenoxy) is 1. The fourth-order valence-corrected chi connectivity index (χ4v) is 1.61. The summed E-state index contributed by atoms with van der Waals surface area (Å²) in [5.74, 6) is 0.853. The van der Waals surface area contributed by atoms with E-state index in [1.165, 1.54) is 7.11 Å². The second-order valence-electron chi connectivity index (χ2n) is 4.00. The number of anilines is 1. The van der Waals surface area contributed by atoms with Crippen LogP contribution in [0.1, 0.15) is 47.6 Å². The number of nitrogens with zero attached hydrogens (tertiary/aromatic N) is 2. The number of esters is 1. The van der Waals surface area contributed by atoms with Gasteiger partial charge in [0.1, 0.15) is 11.6 Å². The number of aromatic nitrogens is 2. The van der Waals surface area contributed by atoms with E-state index < -0.39 is 5.97 Å². The van der Waals surface area contributed by atoms with Gasteiger partial charge in [-0.15, -0.1) is 0 Å². The number of carbonyl (C=O) groups excluding carboxylic acids is 1. The Hall–Kier alpha value is -1.91. The number of rotatable bonds is 3. The van der Waals surface area contributed by atoms with Crippen LogP contribution in [0.5, 0.6) is 0 Å². The van der Waals surface area contributed by atoms with E-state index in [9.17, 15) is 4.79 Å². The molecule has 90 valence electrons. The third kappa shape index (κ3) is 2.27. The smallest absolute Gasteiger partial charge is 0.357 e. The number of methoxy groups -OCH3 is 1. The van der Waals surface area contributed by atoms with E-state index in [2.05, 4.69) is 9.97 Å². The summed E-state index contributed by atoms with van der Waals surface area (Å²) in [7, 11) is 1.33. The van der Waals surface area contributed by atoms with Crippen LogP contribution in [0.4, 0.5) is 5.82 Å². The lowest BCUT2D eigenvalue weighted by molar-refractivity contribution is 0.0593. The number of carbonyl (C=O) groups is 1. The molecule has 0 aliphatic heterocycles. The Morgan fingerprint density at radius 2 is 2.18 bits per heavy atom. The molecule has 0 saturated heterocycles. The maximum absolute atomic E-state index is 11.7. The molecule has 1 aromatic heterocycles. The number of nitrogens with two attached hydrogens (primary N) is 1. The molecule has 2 N–H and O–H groups in total.